The molecule has 4 aromatic rings. The first-order chi connectivity index (χ1) is 14.3. The Bertz CT molecular complexity index is 1110. The summed E-state index contributed by atoms with van der Waals surface area (Å²) in [6.45, 7) is 0.558. The first-order valence-electron chi connectivity index (χ1n) is 9.08. The van der Waals surface area contributed by atoms with E-state index in [-0.39, 0.29) is 11.6 Å². The van der Waals surface area contributed by atoms with Gasteiger partial charge in [0, 0.05) is 5.69 Å². The summed E-state index contributed by atoms with van der Waals surface area (Å²) in [6, 6.07) is 26.5. The average molecular weight is 382 g/mol. The van der Waals surface area contributed by atoms with Gasteiger partial charge in [0.05, 0.1) is 24.1 Å². The summed E-state index contributed by atoms with van der Waals surface area (Å²) in [5.41, 5.74) is 3.47. The van der Waals surface area contributed by atoms with Gasteiger partial charge >= 0.3 is 0 Å². The maximum absolute atomic E-state index is 12.4. The zero-order valence-corrected chi connectivity index (χ0v) is 15.5. The Hall–Kier alpha value is -4.13. The third kappa shape index (κ3) is 4.98. The van der Waals surface area contributed by atoms with Gasteiger partial charge in [0.25, 0.3) is 5.91 Å². The van der Waals surface area contributed by atoms with Crippen molar-refractivity contribution in [3.05, 3.63) is 102 Å². The van der Waals surface area contributed by atoms with Gasteiger partial charge in [0.15, 0.2) is 5.69 Å². The zero-order chi connectivity index (χ0) is 19.9. The van der Waals surface area contributed by atoms with Gasteiger partial charge in [-0.3, -0.25) is 4.79 Å². The molecule has 0 atom stereocenters. The van der Waals surface area contributed by atoms with Gasteiger partial charge in [-0.25, -0.2) is 4.68 Å². The molecule has 1 heterocycles. The quantitative estimate of drug-likeness (QED) is 0.477. The van der Waals surface area contributed by atoms with Gasteiger partial charge in [0.1, 0.15) is 0 Å². The SMILES string of the molecule is O=C(Nc1ccc(N=Nc2ccccc2)cc1)c1cn(Cc2ccccc2)nn1. The number of amides is 1. The van der Waals surface area contributed by atoms with Crippen LogP contribution in [0.25, 0.3) is 0 Å². The predicted octanol–water partition coefficient (Wildman–Crippen LogP) is 4.99. The fourth-order valence-corrected chi connectivity index (χ4v) is 2.67. The van der Waals surface area contributed by atoms with Crippen molar-refractivity contribution in [1.82, 2.24) is 15.0 Å². The van der Waals surface area contributed by atoms with E-state index >= 15 is 0 Å². The van der Waals surface area contributed by atoms with Crippen molar-refractivity contribution in [1.29, 1.82) is 0 Å². The van der Waals surface area contributed by atoms with Crippen molar-refractivity contribution in [3.63, 3.8) is 0 Å². The third-order valence-electron chi connectivity index (χ3n) is 4.12. The molecule has 0 aliphatic rings. The lowest BCUT2D eigenvalue weighted by Gasteiger charge is -2.03. The number of rotatable bonds is 6. The molecule has 0 aliphatic heterocycles. The summed E-state index contributed by atoms with van der Waals surface area (Å²) in [4.78, 5) is 12.4. The van der Waals surface area contributed by atoms with E-state index in [2.05, 4.69) is 25.9 Å². The number of azo groups is 1. The van der Waals surface area contributed by atoms with Crippen molar-refractivity contribution >= 4 is 23.0 Å². The molecule has 0 aliphatic carbocycles. The minimum absolute atomic E-state index is 0.258. The maximum atomic E-state index is 12.4. The summed E-state index contributed by atoms with van der Waals surface area (Å²) in [6.07, 6.45) is 1.63. The number of aromatic nitrogens is 3. The first-order valence-corrected chi connectivity index (χ1v) is 9.08. The highest BCUT2D eigenvalue weighted by molar-refractivity contribution is 6.02. The molecular weight excluding hydrogens is 364 g/mol. The molecule has 0 fully saturated rings. The number of carbonyl (C=O) groups is 1. The van der Waals surface area contributed by atoms with Crippen molar-refractivity contribution in [2.75, 3.05) is 5.32 Å². The topological polar surface area (TPSA) is 84.5 Å². The summed E-state index contributed by atoms with van der Waals surface area (Å²) in [5, 5.41) is 19.1. The molecule has 29 heavy (non-hydrogen) atoms. The highest BCUT2D eigenvalue weighted by Crippen LogP contribution is 2.20. The van der Waals surface area contributed by atoms with Gasteiger partial charge in [-0.15, -0.1) is 5.10 Å². The second-order valence-corrected chi connectivity index (χ2v) is 6.32. The molecule has 142 valence electrons. The third-order valence-corrected chi connectivity index (χ3v) is 4.12. The number of hydrogen-bond acceptors (Lipinski definition) is 5. The van der Waals surface area contributed by atoms with Crippen molar-refractivity contribution in [2.24, 2.45) is 10.2 Å². The molecule has 7 heteroatoms. The summed E-state index contributed by atoms with van der Waals surface area (Å²) in [7, 11) is 0. The average Bonchev–Trinajstić information content (AvgIpc) is 3.23. The van der Waals surface area contributed by atoms with E-state index in [1.165, 1.54) is 0 Å². The van der Waals surface area contributed by atoms with E-state index in [1.807, 2.05) is 60.7 Å². The number of carbonyl (C=O) groups excluding carboxylic acids is 1. The lowest BCUT2D eigenvalue weighted by molar-refractivity contribution is 0.102. The van der Waals surface area contributed by atoms with Crippen LogP contribution in [0.3, 0.4) is 0 Å². The highest BCUT2D eigenvalue weighted by Gasteiger charge is 2.11. The van der Waals surface area contributed by atoms with Crippen LogP contribution in [-0.4, -0.2) is 20.9 Å². The first kappa shape index (κ1) is 18.2. The van der Waals surface area contributed by atoms with E-state index in [4.69, 9.17) is 0 Å². The standard InChI is InChI=1S/C22H18N6O/c29-22(21-16-28(27-26-21)15-17-7-3-1-4-8-17)23-18-11-13-20(14-12-18)25-24-19-9-5-2-6-10-19/h1-14,16H,15H2,(H,23,29). The predicted molar refractivity (Wildman–Crippen MR) is 111 cm³/mol. The van der Waals surface area contributed by atoms with Crippen LogP contribution in [0.4, 0.5) is 17.1 Å². The molecule has 0 bridgehead atoms. The number of hydrogen-bond donors (Lipinski definition) is 1. The Morgan fingerprint density at radius 3 is 2.14 bits per heavy atom. The van der Waals surface area contributed by atoms with Crippen LogP contribution in [0.15, 0.2) is 101 Å². The number of benzene rings is 3. The summed E-state index contributed by atoms with van der Waals surface area (Å²) in [5.74, 6) is -0.317. The molecule has 1 aromatic heterocycles. The molecule has 0 saturated carbocycles. The van der Waals surface area contributed by atoms with Gasteiger partial charge in [-0.1, -0.05) is 53.7 Å². The molecule has 1 N–H and O–H groups in total. The monoisotopic (exact) mass is 382 g/mol. The summed E-state index contributed by atoms with van der Waals surface area (Å²) >= 11 is 0. The van der Waals surface area contributed by atoms with Crippen molar-refractivity contribution < 1.29 is 4.79 Å². The molecule has 1 amide bonds. The Morgan fingerprint density at radius 1 is 0.828 bits per heavy atom. The van der Waals surface area contributed by atoms with Crippen LogP contribution in [0.2, 0.25) is 0 Å². The Kier molecular flexibility index (Phi) is 5.48. The van der Waals surface area contributed by atoms with E-state index < -0.39 is 0 Å². The van der Waals surface area contributed by atoms with E-state index in [0.29, 0.717) is 17.9 Å². The van der Waals surface area contributed by atoms with Gasteiger partial charge in [-0.2, -0.15) is 10.2 Å². The fraction of sp³-hybridized carbons (Fsp3) is 0.0455. The van der Waals surface area contributed by atoms with Crippen LogP contribution in [0, 0.1) is 0 Å². The summed E-state index contributed by atoms with van der Waals surface area (Å²) < 4.78 is 1.64. The van der Waals surface area contributed by atoms with Crippen molar-refractivity contribution in [3.8, 4) is 0 Å². The molecular formula is C22H18N6O. The zero-order valence-electron chi connectivity index (χ0n) is 15.5. The van der Waals surface area contributed by atoms with Crippen LogP contribution in [0.5, 0.6) is 0 Å². The van der Waals surface area contributed by atoms with Gasteiger partial charge in [0.2, 0.25) is 0 Å². The Balaban J connectivity index is 1.37. The number of anilines is 1. The molecule has 7 nitrogen and oxygen atoms in total. The van der Waals surface area contributed by atoms with E-state index in [9.17, 15) is 4.79 Å². The molecule has 0 spiro atoms. The molecule has 0 radical (unpaired) electrons. The largest absolute Gasteiger partial charge is 0.321 e. The fourth-order valence-electron chi connectivity index (χ4n) is 2.67. The van der Waals surface area contributed by atoms with E-state index in [0.717, 1.165) is 11.3 Å². The molecule has 4 rings (SSSR count). The van der Waals surface area contributed by atoms with Crippen LogP contribution < -0.4 is 5.32 Å². The molecule has 0 saturated heterocycles. The van der Waals surface area contributed by atoms with Crippen molar-refractivity contribution in [2.45, 2.75) is 6.54 Å². The highest BCUT2D eigenvalue weighted by atomic mass is 16.2. The van der Waals surface area contributed by atoms with Gasteiger partial charge in [-0.05, 0) is 42.0 Å². The maximum Gasteiger partial charge on any atom is 0.277 e. The minimum atomic E-state index is -0.317. The molecule has 0 unspecified atom stereocenters. The lowest BCUT2D eigenvalue weighted by atomic mass is 10.2. The Labute approximate surface area is 167 Å². The van der Waals surface area contributed by atoms with Gasteiger partial charge < -0.3 is 5.32 Å². The minimum Gasteiger partial charge on any atom is -0.321 e. The lowest BCUT2D eigenvalue weighted by Crippen LogP contribution is -2.12. The number of nitrogens with zero attached hydrogens (tertiary/aromatic N) is 5. The second kappa shape index (κ2) is 8.71. The van der Waals surface area contributed by atoms with Crippen LogP contribution in [0.1, 0.15) is 16.1 Å². The molecule has 3 aromatic carbocycles. The normalized spacial score (nSPS) is 10.9. The second-order valence-electron chi connectivity index (χ2n) is 6.32. The smallest absolute Gasteiger partial charge is 0.277 e. The van der Waals surface area contributed by atoms with Crippen LogP contribution >= 0.6 is 0 Å². The van der Waals surface area contributed by atoms with E-state index in [1.54, 1.807) is 35.1 Å². The Morgan fingerprint density at radius 2 is 1.45 bits per heavy atom. The van der Waals surface area contributed by atoms with Crippen LogP contribution in [-0.2, 0) is 6.54 Å². The number of nitrogens with one attached hydrogen (secondary N) is 1.